The lowest BCUT2D eigenvalue weighted by Crippen LogP contribution is -2.63. The Morgan fingerprint density at radius 1 is 0.242 bits per heavy atom. The van der Waals surface area contributed by atoms with Gasteiger partial charge in [0.25, 0.3) is 20.1 Å². The van der Waals surface area contributed by atoms with Crippen LogP contribution in [0.5, 0.6) is 57.5 Å². The molecule has 15 heteroatoms. The molecular weight excluding hydrogens is 1260 g/mol. The molecular formula is C84H61B3N4O5Si3. The standard InChI is InChI=1S/C84H61B3N4O5Si3/c1-97(2)76-33-17-9-25-60(76)89(61-26-10-18-34-77(61)97)49-39-59-82-71(40-49)92-66-31-15-7-23-52(66)85(82)54-45-55-68(47-58(54)88-59)94-74-43-51(91-64-29-13-21-37-80(64)99(5,6)81-38-22-14-30-65(81)91)44-75-84(74)87(55)57-46-56-69(48-70(57)96-75)95-73-42-50(41-72-83(73)86(56)53-24-8-16-32-67(53)93-72)90-62-27-11-19-35-78(62)98(3,4)79-36-20-12-28-63(79)90/h7-48,88H,1-6H3. The fourth-order valence-corrected chi connectivity index (χ4v) is 27.7. The highest BCUT2D eigenvalue weighted by molar-refractivity contribution is 7.05. The van der Waals surface area contributed by atoms with E-state index in [2.05, 4.69) is 314 Å². The van der Waals surface area contributed by atoms with Crippen LogP contribution in [0.4, 0.5) is 62.6 Å². The third kappa shape index (κ3) is 7.51. The van der Waals surface area contributed by atoms with Gasteiger partial charge in [-0.25, -0.2) is 0 Å². The fraction of sp³-hybridized carbons (Fsp3) is 0.0714. The Morgan fingerprint density at radius 3 is 0.909 bits per heavy atom. The third-order valence-electron chi connectivity index (χ3n) is 23.3. The van der Waals surface area contributed by atoms with Crippen LogP contribution < -0.4 is 124 Å². The van der Waals surface area contributed by atoms with Crippen LogP contribution in [0.2, 0.25) is 39.3 Å². The summed E-state index contributed by atoms with van der Waals surface area (Å²) in [5, 5.41) is 12.5. The second-order valence-electron chi connectivity index (χ2n) is 29.5. The van der Waals surface area contributed by atoms with E-state index < -0.39 is 24.2 Å². The number of benzene rings is 13. The van der Waals surface area contributed by atoms with Gasteiger partial charge in [0.15, 0.2) is 0 Å². The summed E-state index contributed by atoms with van der Waals surface area (Å²) in [4.78, 5) is 7.31. The summed E-state index contributed by atoms with van der Waals surface area (Å²) < 4.78 is 37.0. The molecule has 13 aromatic rings. The Bertz CT molecular complexity index is 5420. The first kappa shape index (κ1) is 56.0. The molecule has 0 unspecified atom stereocenters. The Kier molecular flexibility index (Phi) is 11.1. The Balaban J connectivity index is 0.746. The summed E-state index contributed by atoms with van der Waals surface area (Å²) in [6.07, 6.45) is 0. The summed E-state index contributed by atoms with van der Waals surface area (Å²) in [7, 11) is -6.28. The van der Waals surface area contributed by atoms with Crippen molar-refractivity contribution < 1.29 is 23.7 Å². The lowest BCUT2D eigenvalue weighted by Gasteiger charge is -2.42. The van der Waals surface area contributed by atoms with Crippen LogP contribution in [0.15, 0.2) is 255 Å². The summed E-state index contributed by atoms with van der Waals surface area (Å²) in [5.74, 6) is 7.83. The van der Waals surface area contributed by atoms with E-state index in [0.29, 0.717) is 0 Å². The smallest absolute Gasteiger partial charge is 0.260 e. The van der Waals surface area contributed by atoms with Gasteiger partial charge in [-0.2, -0.15) is 0 Å². The molecule has 13 aromatic carbocycles. The second-order valence-corrected chi connectivity index (χ2v) is 42.5. The maximum atomic E-state index is 7.61. The van der Waals surface area contributed by atoms with Gasteiger partial charge in [-0.15, -0.1) is 0 Å². The number of hydrogen-bond acceptors (Lipinski definition) is 9. The number of nitrogens with zero attached hydrogens (tertiary/aromatic N) is 3. The predicted molar refractivity (Wildman–Crippen MR) is 417 cm³/mol. The quantitative estimate of drug-likeness (QED) is 0.174. The van der Waals surface area contributed by atoms with Crippen LogP contribution in [0, 0.1) is 0 Å². The first-order valence-electron chi connectivity index (χ1n) is 34.5. The maximum absolute atomic E-state index is 7.61. The number of rotatable bonds is 3. The zero-order chi connectivity index (χ0) is 65.7. The molecule has 0 saturated heterocycles. The molecule has 1 N–H and O–H groups in total. The molecule has 0 saturated carbocycles. The Morgan fingerprint density at radius 2 is 0.525 bits per heavy atom. The number of anilines is 11. The van der Waals surface area contributed by atoms with Gasteiger partial charge >= 0.3 is 0 Å². The van der Waals surface area contributed by atoms with Gasteiger partial charge in [-0.1, -0.05) is 197 Å². The van der Waals surface area contributed by atoms with Crippen molar-refractivity contribution in [1.82, 2.24) is 0 Å². The number of ether oxygens (including phenoxy) is 5. The van der Waals surface area contributed by atoms with Crippen molar-refractivity contribution in [3.05, 3.63) is 255 Å². The number of fused-ring (bicyclic) bond motifs is 18. The summed E-state index contributed by atoms with van der Waals surface area (Å²) in [6.45, 7) is 14.1. The minimum atomic E-state index is -2.14. The predicted octanol–water partition coefficient (Wildman–Crippen LogP) is 11.6. The summed E-state index contributed by atoms with van der Waals surface area (Å²) in [5.41, 5.74) is 21.8. The van der Waals surface area contributed by atoms with Crippen LogP contribution in [-0.4, -0.2) is 44.4 Å². The van der Waals surface area contributed by atoms with Crippen LogP contribution in [0.3, 0.4) is 0 Å². The first-order valence-corrected chi connectivity index (χ1v) is 43.5. The summed E-state index contributed by atoms with van der Waals surface area (Å²) >= 11 is 0. The van der Waals surface area contributed by atoms with Crippen LogP contribution >= 0.6 is 0 Å². The van der Waals surface area contributed by atoms with E-state index in [1.54, 1.807) is 0 Å². The molecule has 9 heterocycles. The van der Waals surface area contributed by atoms with E-state index in [1.807, 2.05) is 0 Å². The number of nitrogens with one attached hydrogen (secondary N) is 1. The molecule has 9 aliphatic heterocycles. The van der Waals surface area contributed by atoms with Crippen molar-refractivity contribution in [1.29, 1.82) is 0 Å². The maximum Gasteiger partial charge on any atom is 0.260 e. The van der Waals surface area contributed by atoms with Crippen molar-refractivity contribution in [2.24, 2.45) is 0 Å². The van der Waals surface area contributed by atoms with E-state index in [9.17, 15) is 0 Å². The van der Waals surface area contributed by atoms with Gasteiger partial charge in [0.1, 0.15) is 81.7 Å². The Hall–Kier alpha value is -11.1. The molecule has 0 aromatic heterocycles. The topological polar surface area (TPSA) is 67.9 Å². The molecule has 0 fully saturated rings. The first-order chi connectivity index (χ1) is 48.3. The zero-order valence-corrected chi connectivity index (χ0v) is 58.4. The van der Waals surface area contributed by atoms with E-state index in [1.165, 1.54) is 65.2 Å². The summed E-state index contributed by atoms with van der Waals surface area (Å²) in [6, 6.07) is 93.9. The molecule has 468 valence electrons. The molecule has 22 rings (SSSR count). The zero-order valence-electron chi connectivity index (χ0n) is 55.4. The molecule has 0 spiro atoms. The highest BCUT2D eigenvalue weighted by atomic mass is 28.3. The minimum Gasteiger partial charge on any atom is -0.458 e. The van der Waals surface area contributed by atoms with Gasteiger partial charge in [0.2, 0.25) is 0 Å². The monoisotopic (exact) mass is 1320 g/mol. The lowest BCUT2D eigenvalue weighted by molar-refractivity contribution is 0.452. The second kappa shape index (κ2) is 19.6. The van der Waals surface area contributed by atoms with Gasteiger partial charge in [0, 0.05) is 98.9 Å². The molecule has 0 aliphatic carbocycles. The molecule has 9 nitrogen and oxygen atoms in total. The average Bonchev–Trinajstić information content (AvgIpc) is 0.702. The molecule has 0 amide bonds. The number of para-hydroxylation sites is 8. The Labute approximate surface area is 578 Å². The van der Waals surface area contributed by atoms with Gasteiger partial charge in [-0.05, 0) is 124 Å². The molecule has 0 radical (unpaired) electrons. The minimum absolute atomic E-state index is 0.173. The van der Waals surface area contributed by atoms with Gasteiger partial charge in [-0.3, -0.25) is 0 Å². The number of hydrogen-bond donors (Lipinski definition) is 1. The van der Waals surface area contributed by atoms with Crippen LogP contribution in [-0.2, 0) is 0 Å². The molecule has 0 atom stereocenters. The van der Waals surface area contributed by atoms with Crippen molar-refractivity contribution in [2.45, 2.75) is 39.3 Å². The highest BCUT2D eigenvalue weighted by Crippen LogP contribution is 2.50. The third-order valence-corrected chi connectivity index (χ3v) is 33.9. The fourth-order valence-electron chi connectivity index (χ4n) is 18.7. The SMILES string of the molecule is C[Si]1(C)c2ccccc2N(c2cc3c4c(c2)Oc2ccccc2B4c2cc4c(cc2N3)Oc2cc(N3c5ccccc5[Si](C)(C)c5ccccc53)cc3c2B4c2cc4c(cc2O3)Oc2cc(N3c5ccccc5[Si](C)(C)c5ccccc53)cc3c2B4c2ccccc2O3)c2ccccc21. The van der Waals surface area contributed by atoms with E-state index in [0.717, 1.165) is 135 Å². The normalized spacial score (nSPS) is 16.2. The molecule has 99 heavy (non-hydrogen) atoms. The highest BCUT2D eigenvalue weighted by Gasteiger charge is 2.50. The van der Waals surface area contributed by atoms with Crippen molar-refractivity contribution >= 4 is 187 Å². The van der Waals surface area contributed by atoms with Crippen LogP contribution in [0.1, 0.15) is 0 Å². The van der Waals surface area contributed by atoms with Crippen molar-refractivity contribution in [3.63, 3.8) is 0 Å². The van der Waals surface area contributed by atoms with Crippen LogP contribution in [0.25, 0.3) is 0 Å². The largest absolute Gasteiger partial charge is 0.458 e. The molecule has 0 bridgehead atoms. The van der Waals surface area contributed by atoms with Crippen molar-refractivity contribution in [2.75, 3.05) is 20.0 Å². The van der Waals surface area contributed by atoms with E-state index >= 15 is 0 Å². The van der Waals surface area contributed by atoms with E-state index in [4.69, 9.17) is 23.7 Å². The van der Waals surface area contributed by atoms with E-state index in [-0.39, 0.29) is 20.1 Å². The van der Waals surface area contributed by atoms with Crippen molar-refractivity contribution in [3.8, 4) is 57.5 Å². The van der Waals surface area contributed by atoms with Gasteiger partial charge < -0.3 is 43.7 Å². The molecule has 9 aliphatic rings. The lowest BCUT2D eigenvalue weighted by atomic mass is 9.30. The average molecular weight is 1320 g/mol. The van der Waals surface area contributed by atoms with Gasteiger partial charge in [0.05, 0.1) is 17.1 Å².